The van der Waals surface area contributed by atoms with Gasteiger partial charge in [0.15, 0.2) is 0 Å². The number of thiophene rings is 1. The first-order valence-electron chi connectivity index (χ1n) is 8.34. The van der Waals surface area contributed by atoms with Gasteiger partial charge in [-0.1, -0.05) is 41.9 Å². The summed E-state index contributed by atoms with van der Waals surface area (Å²) in [4.78, 5) is 11.0. The molecule has 0 N–H and O–H groups in total. The molecule has 0 unspecified atom stereocenters. The first-order chi connectivity index (χ1) is 11.8. The third-order valence-corrected chi connectivity index (χ3v) is 5.75. The molecule has 124 valence electrons. The van der Waals surface area contributed by atoms with E-state index in [2.05, 4.69) is 50.5 Å². The smallest absolute Gasteiger partial charge is 0.138 e. The summed E-state index contributed by atoms with van der Waals surface area (Å²) in [5.41, 5.74) is 0. The molecule has 3 nitrogen and oxygen atoms in total. The van der Waals surface area contributed by atoms with E-state index in [-0.39, 0.29) is 0 Å². The molecule has 1 saturated heterocycles. The number of piperazine rings is 1. The van der Waals surface area contributed by atoms with Gasteiger partial charge in [0.1, 0.15) is 11.0 Å². The average Bonchev–Trinajstić information content (AvgIpc) is 3.13. The van der Waals surface area contributed by atoms with Crippen molar-refractivity contribution in [3.63, 3.8) is 0 Å². The topological polar surface area (TPSA) is 19.4 Å². The van der Waals surface area contributed by atoms with Crippen LogP contribution in [0.1, 0.15) is 4.88 Å². The molecule has 0 amide bonds. The Bertz CT molecular complexity index is 811. The van der Waals surface area contributed by atoms with Crippen LogP contribution in [0.5, 0.6) is 0 Å². The van der Waals surface area contributed by atoms with E-state index < -0.39 is 0 Å². The Morgan fingerprint density at radius 1 is 1.04 bits per heavy atom. The lowest BCUT2D eigenvalue weighted by atomic mass is 10.1. The summed E-state index contributed by atoms with van der Waals surface area (Å²) in [6, 6.07) is 14.7. The second-order valence-corrected chi connectivity index (χ2v) is 7.57. The van der Waals surface area contributed by atoms with Gasteiger partial charge in [0.05, 0.1) is 0 Å². The summed E-state index contributed by atoms with van der Waals surface area (Å²) >= 11 is 8.08. The molecule has 0 bridgehead atoms. The van der Waals surface area contributed by atoms with Gasteiger partial charge in [0, 0.05) is 43.0 Å². The average molecular weight is 358 g/mol. The second kappa shape index (κ2) is 7.09. The van der Waals surface area contributed by atoms with E-state index in [9.17, 15) is 0 Å². The molecular weight excluding hydrogens is 338 g/mol. The van der Waals surface area contributed by atoms with Crippen LogP contribution < -0.4 is 4.90 Å². The zero-order valence-corrected chi connectivity index (χ0v) is 15.1. The SMILES string of the molecule is Clc1cc2ccccc2c(N2CCN(CCc3cccs3)CC2)n1. The number of pyridine rings is 1. The molecule has 1 aliphatic heterocycles. The minimum atomic E-state index is 0.573. The van der Waals surface area contributed by atoms with Gasteiger partial charge in [-0.15, -0.1) is 11.3 Å². The molecule has 4 rings (SSSR count). The highest BCUT2D eigenvalue weighted by atomic mass is 35.5. The third kappa shape index (κ3) is 3.41. The van der Waals surface area contributed by atoms with Crippen molar-refractivity contribution in [1.82, 2.24) is 9.88 Å². The van der Waals surface area contributed by atoms with E-state index in [0.717, 1.165) is 50.3 Å². The van der Waals surface area contributed by atoms with E-state index in [1.807, 2.05) is 23.5 Å². The molecular formula is C19H20ClN3S. The lowest BCUT2D eigenvalue weighted by molar-refractivity contribution is 0.261. The Hall–Kier alpha value is -1.62. The van der Waals surface area contributed by atoms with Gasteiger partial charge < -0.3 is 4.90 Å². The van der Waals surface area contributed by atoms with Crippen LogP contribution in [0.15, 0.2) is 47.8 Å². The monoisotopic (exact) mass is 357 g/mol. The highest BCUT2D eigenvalue weighted by molar-refractivity contribution is 7.09. The minimum Gasteiger partial charge on any atom is -0.353 e. The normalized spacial score (nSPS) is 16.0. The molecule has 3 aromatic rings. The summed E-state index contributed by atoms with van der Waals surface area (Å²) in [7, 11) is 0. The first kappa shape index (κ1) is 15.9. The number of anilines is 1. The third-order valence-electron chi connectivity index (χ3n) is 4.62. The second-order valence-electron chi connectivity index (χ2n) is 6.15. The molecule has 0 aliphatic carbocycles. The van der Waals surface area contributed by atoms with Crippen molar-refractivity contribution >= 4 is 39.5 Å². The van der Waals surface area contributed by atoms with E-state index in [1.54, 1.807) is 0 Å². The molecule has 0 radical (unpaired) electrons. The van der Waals surface area contributed by atoms with Crippen LogP contribution in [-0.2, 0) is 6.42 Å². The Balaban J connectivity index is 1.44. The molecule has 2 aromatic heterocycles. The molecule has 1 aromatic carbocycles. The van der Waals surface area contributed by atoms with Crippen LogP contribution in [-0.4, -0.2) is 42.6 Å². The minimum absolute atomic E-state index is 0.573. The number of hydrogen-bond acceptors (Lipinski definition) is 4. The maximum atomic E-state index is 6.23. The van der Waals surface area contributed by atoms with Crippen molar-refractivity contribution in [3.8, 4) is 0 Å². The van der Waals surface area contributed by atoms with Crippen molar-refractivity contribution in [1.29, 1.82) is 0 Å². The van der Waals surface area contributed by atoms with Crippen LogP contribution in [0.4, 0.5) is 5.82 Å². The fourth-order valence-corrected chi connectivity index (χ4v) is 4.19. The van der Waals surface area contributed by atoms with Gasteiger partial charge in [0.25, 0.3) is 0 Å². The van der Waals surface area contributed by atoms with Crippen LogP contribution in [0, 0.1) is 0 Å². The van der Waals surface area contributed by atoms with E-state index in [4.69, 9.17) is 11.6 Å². The fraction of sp³-hybridized carbons (Fsp3) is 0.316. The van der Waals surface area contributed by atoms with Crippen molar-refractivity contribution in [2.75, 3.05) is 37.6 Å². The fourth-order valence-electron chi connectivity index (χ4n) is 3.30. The lowest BCUT2D eigenvalue weighted by Gasteiger charge is -2.35. The van der Waals surface area contributed by atoms with Gasteiger partial charge in [-0.25, -0.2) is 4.98 Å². The number of hydrogen-bond donors (Lipinski definition) is 0. The highest BCUT2D eigenvalue weighted by Gasteiger charge is 2.20. The van der Waals surface area contributed by atoms with Crippen molar-refractivity contribution in [2.24, 2.45) is 0 Å². The van der Waals surface area contributed by atoms with Crippen LogP contribution >= 0.6 is 22.9 Å². The molecule has 0 atom stereocenters. The molecule has 24 heavy (non-hydrogen) atoms. The highest BCUT2D eigenvalue weighted by Crippen LogP contribution is 2.28. The van der Waals surface area contributed by atoms with Crippen LogP contribution in [0.3, 0.4) is 0 Å². The van der Waals surface area contributed by atoms with Crippen molar-refractivity contribution in [2.45, 2.75) is 6.42 Å². The number of aromatic nitrogens is 1. The predicted molar refractivity (Wildman–Crippen MR) is 103 cm³/mol. The number of halogens is 1. The molecule has 3 heterocycles. The maximum absolute atomic E-state index is 6.23. The quantitative estimate of drug-likeness (QED) is 0.648. The van der Waals surface area contributed by atoms with Gasteiger partial charge in [-0.05, 0) is 29.3 Å². The summed E-state index contributed by atoms with van der Waals surface area (Å²) in [6.07, 6.45) is 1.15. The van der Waals surface area contributed by atoms with Crippen molar-refractivity contribution in [3.05, 3.63) is 57.9 Å². The predicted octanol–water partition coefficient (Wildman–Crippen LogP) is 4.31. The van der Waals surface area contributed by atoms with Crippen molar-refractivity contribution < 1.29 is 0 Å². The molecule has 0 saturated carbocycles. The summed E-state index contributed by atoms with van der Waals surface area (Å²) in [6.45, 7) is 5.30. The van der Waals surface area contributed by atoms with E-state index >= 15 is 0 Å². The summed E-state index contributed by atoms with van der Waals surface area (Å²) in [5.74, 6) is 1.02. The number of benzene rings is 1. The van der Waals surface area contributed by atoms with Gasteiger partial charge >= 0.3 is 0 Å². The zero-order chi connectivity index (χ0) is 16.4. The summed E-state index contributed by atoms with van der Waals surface area (Å²) < 4.78 is 0. The first-order valence-corrected chi connectivity index (χ1v) is 9.60. The Morgan fingerprint density at radius 2 is 1.88 bits per heavy atom. The Morgan fingerprint density at radius 3 is 2.67 bits per heavy atom. The number of rotatable bonds is 4. The largest absolute Gasteiger partial charge is 0.353 e. The lowest BCUT2D eigenvalue weighted by Crippen LogP contribution is -2.47. The maximum Gasteiger partial charge on any atom is 0.138 e. The molecule has 1 aliphatic rings. The Labute approximate surface area is 151 Å². The molecule has 0 spiro atoms. The zero-order valence-electron chi connectivity index (χ0n) is 13.5. The van der Waals surface area contributed by atoms with E-state index in [0.29, 0.717) is 5.15 Å². The van der Waals surface area contributed by atoms with Gasteiger partial charge in [0.2, 0.25) is 0 Å². The standard InChI is InChI=1S/C19H20ClN3S/c20-18-14-15-4-1-2-6-17(15)19(21-18)23-11-9-22(10-12-23)8-7-16-5-3-13-24-16/h1-6,13-14H,7-12H2. The van der Waals surface area contributed by atoms with Gasteiger partial charge in [-0.2, -0.15) is 0 Å². The molecule has 1 fully saturated rings. The van der Waals surface area contributed by atoms with Crippen LogP contribution in [0.25, 0.3) is 10.8 Å². The van der Waals surface area contributed by atoms with E-state index in [1.165, 1.54) is 10.3 Å². The van der Waals surface area contributed by atoms with Crippen LogP contribution in [0.2, 0.25) is 5.15 Å². The summed E-state index contributed by atoms with van der Waals surface area (Å²) in [5, 5.41) is 5.08. The molecule has 5 heteroatoms. The Kier molecular flexibility index (Phi) is 4.69. The number of nitrogens with zero attached hydrogens (tertiary/aromatic N) is 3. The van der Waals surface area contributed by atoms with Gasteiger partial charge in [-0.3, -0.25) is 4.90 Å². The number of fused-ring (bicyclic) bond motifs is 1.